The molecule has 0 aliphatic rings. The van der Waals surface area contributed by atoms with Crippen molar-refractivity contribution in [2.24, 2.45) is 0 Å². The van der Waals surface area contributed by atoms with Crippen LogP contribution in [0.25, 0.3) is 0 Å². The van der Waals surface area contributed by atoms with Crippen molar-refractivity contribution in [1.29, 1.82) is 0 Å². The fourth-order valence-electron chi connectivity index (χ4n) is 1.74. The fraction of sp³-hybridized carbons (Fsp3) is 0.167. The van der Waals surface area contributed by atoms with Crippen LogP contribution >= 0.6 is 62.1 Å². The van der Waals surface area contributed by atoms with E-state index in [0.29, 0.717) is 13.7 Å². The standard InChI is InChI=1S/C12H9BrCl3NS/c1-17-11(7-5-10(15)18-12(7)16)6-2-3-9(14)8(13)4-6/h2-5,11,17H,1H3. The predicted octanol–water partition coefficient (Wildman–Crippen LogP) is 5.78. The third kappa shape index (κ3) is 3.03. The molecule has 0 saturated carbocycles. The summed E-state index contributed by atoms with van der Waals surface area (Å²) in [6, 6.07) is 7.68. The van der Waals surface area contributed by atoms with Gasteiger partial charge in [-0.05, 0) is 46.7 Å². The Balaban J connectivity index is 2.45. The predicted molar refractivity (Wildman–Crippen MR) is 84.4 cm³/mol. The molecule has 1 heterocycles. The van der Waals surface area contributed by atoms with Gasteiger partial charge in [-0.25, -0.2) is 0 Å². The molecule has 1 unspecified atom stereocenters. The summed E-state index contributed by atoms with van der Waals surface area (Å²) in [4.78, 5) is 0. The van der Waals surface area contributed by atoms with Gasteiger partial charge in [0.2, 0.25) is 0 Å². The number of benzene rings is 1. The van der Waals surface area contributed by atoms with Gasteiger partial charge in [0.05, 0.1) is 19.7 Å². The smallest absolute Gasteiger partial charge is 0.0995 e. The lowest BCUT2D eigenvalue weighted by Crippen LogP contribution is -2.17. The van der Waals surface area contributed by atoms with Crippen molar-refractivity contribution in [2.75, 3.05) is 7.05 Å². The minimum absolute atomic E-state index is 0.00480. The van der Waals surface area contributed by atoms with Crippen LogP contribution in [0.15, 0.2) is 28.7 Å². The number of hydrogen-bond acceptors (Lipinski definition) is 2. The molecular weight excluding hydrogens is 376 g/mol. The molecule has 0 saturated heterocycles. The average Bonchev–Trinajstić information content (AvgIpc) is 2.64. The minimum atomic E-state index is -0.00480. The second-order valence-corrected chi connectivity index (χ2v) is 7.22. The molecule has 6 heteroatoms. The molecule has 2 rings (SSSR count). The summed E-state index contributed by atoms with van der Waals surface area (Å²) in [6.07, 6.45) is 0. The van der Waals surface area contributed by atoms with E-state index < -0.39 is 0 Å². The Morgan fingerprint density at radius 3 is 2.44 bits per heavy atom. The zero-order valence-corrected chi connectivity index (χ0v) is 14.0. The van der Waals surface area contributed by atoms with Gasteiger partial charge in [0.25, 0.3) is 0 Å². The first-order chi connectivity index (χ1) is 8.52. The van der Waals surface area contributed by atoms with Crippen LogP contribution < -0.4 is 5.32 Å². The first-order valence-corrected chi connectivity index (χ1v) is 7.84. The highest BCUT2D eigenvalue weighted by Crippen LogP contribution is 2.38. The van der Waals surface area contributed by atoms with Crippen molar-refractivity contribution in [3.8, 4) is 0 Å². The first kappa shape index (κ1) is 14.6. The van der Waals surface area contributed by atoms with E-state index in [4.69, 9.17) is 34.8 Å². The SMILES string of the molecule is CNC(c1ccc(Cl)c(Br)c1)c1cc(Cl)sc1Cl. The van der Waals surface area contributed by atoms with Crippen LogP contribution in [0.5, 0.6) is 0 Å². The molecule has 1 nitrogen and oxygen atoms in total. The van der Waals surface area contributed by atoms with Gasteiger partial charge in [-0.1, -0.05) is 40.9 Å². The molecule has 1 N–H and O–H groups in total. The summed E-state index contributed by atoms with van der Waals surface area (Å²) < 4.78 is 2.24. The number of thiophene rings is 1. The summed E-state index contributed by atoms with van der Waals surface area (Å²) in [5.74, 6) is 0. The van der Waals surface area contributed by atoms with E-state index in [2.05, 4.69) is 21.2 Å². The molecule has 0 fully saturated rings. The molecule has 1 aromatic carbocycles. The summed E-state index contributed by atoms with van der Waals surface area (Å²) >= 11 is 23.0. The van der Waals surface area contributed by atoms with Crippen molar-refractivity contribution in [1.82, 2.24) is 5.32 Å². The van der Waals surface area contributed by atoms with E-state index in [9.17, 15) is 0 Å². The van der Waals surface area contributed by atoms with Gasteiger partial charge in [-0.15, -0.1) is 11.3 Å². The zero-order valence-electron chi connectivity index (χ0n) is 9.31. The van der Waals surface area contributed by atoms with Crippen molar-refractivity contribution in [3.63, 3.8) is 0 Å². The highest BCUT2D eigenvalue weighted by Gasteiger charge is 2.18. The van der Waals surface area contributed by atoms with Crippen molar-refractivity contribution in [2.45, 2.75) is 6.04 Å². The average molecular weight is 386 g/mol. The molecule has 1 atom stereocenters. The zero-order chi connectivity index (χ0) is 13.3. The molecule has 2 aromatic rings. The van der Waals surface area contributed by atoms with Gasteiger partial charge in [-0.3, -0.25) is 0 Å². The molecule has 0 spiro atoms. The molecule has 96 valence electrons. The maximum Gasteiger partial charge on any atom is 0.0995 e. The van der Waals surface area contributed by atoms with Crippen molar-refractivity contribution in [3.05, 3.63) is 53.6 Å². The lowest BCUT2D eigenvalue weighted by molar-refractivity contribution is 0.694. The molecular formula is C12H9BrCl3NS. The lowest BCUT2D eigenvalue weighted by Gasteiger charge is -2.16. The first-order valence-electron chi connectivity index (χ1n) is 5.10. The monoisotopic (exact) mass is 383 g/mol. The third-order valence-corrected chi connectivity index (χ3v) is 5.29. The van der Waals surface area contributed by atoms with E-state index in [-0.39, 0.29) is 6.04 Å². The summed E-state index contributed by atoms with van der Waals surface area (Å²) in [7, 11) is 1.88. The van der Waals surface area contributed by atoms with Gasteiger partial charge < -0.3 is 5.32 Å². The Labute approximate surface area is 133 Å². The van der Waals surface area contributed by atoms with Gasteiger partial charge in [0.15, 0.2) is 0 Å². The largest absolute Gasteiger partial charge is 0.309 e. The Bertz CT molecular complexity index is 570. The number of rotatable bonds is 3. The van der Waals surface area contributed by atoms with E-state index >= 15 is 0 Å². The number of halogens is 4. The molecule has 0 aliphatic carbocycles. The van der Waals surface area contributed by atoms with E-state index in [1.54, 1.807) is 0 Å². The highest BCUT2D eigenvalue weighted by molar-refractivity contribution is 9.10. The molecule has 0 radical (unpaired) electrons. The Kier molecular flexibility index (Phi) is 4.98. The van der Waals surface area contributed by atoms with Gasteiger partial charge in [-0.2, -0.15) is 0 Å². The van der Waals surface area contributed by atoms with Crippen LogP contribution in [0, 0.1) is 0 Å². The maximum absolute atomic E-state index is 6.20. The van der Waals surface area contributed by atoms with Gasteiger partial charge in [0.1, 0.15) is 0 Å². The van der Waals surface area contributed by atoms with Gasteiger partial charge >= 0.3 is 0 Å². The maximum atomic E-state index is 6.20. The topological polar surface area (TPSA) is 12.0 Å². The number of nitrogens with one attached hydrogen (secondary N) is 1. The van der Waals surface area contributed by atoms with Crippen LogP contribution in [0.3, 0.4) is 0 Å². The quantitative estimate of drug-likeness (QED) is 0.706. The number of hydrogen-bond donors (Lipinski definition) is 1. The van der Waals surface area contributed by atoms with E-state index in [1.807, 2.05) is 31.3 Å². The second kappa shape index (κ2) is 6.12. The molecule has 0 aliphatic heterocycles. The molecule has 0 bridgehead atoms. The Morgan fingerprint density at radius 1 is 1.22 bits per heavy atom. The normalized spacial score (nSPS) is 12.7. The van der Waals surface area contributed by atoms with Crippen molar-refractivity contribution < 1.29 is 0 Å². The van der Waals surface area contributed by atoms with Crippen LogP contribution in [0.1, 0.15) is 17.2 Å². The summed E-state index contributed by atoms with van der Waals surface area (Å²) in [5, 5.41) is 3.92. The van der Waals surface area contributed by atoms with Crippen LogP contribution in [0.4, 0.5) is 0 Å². The second-order valence-electron chi connectivity index (χ2n) is 3.67. The summed E-state index contributed by atoms with van der Waals surface area (Å²) in [5.41, 5.74) is 2.05. The van der Waals surface area contributed by atoms with E-state index in [1.165, 1.54) is 11.3 Å². The fourth-order valence-corrected chi connectivity index (χ4v) is 3.79. The molecule has 18 heavy (non-hydrogen) atoms. The summed E-state index contributed by atoms with van der Waals surface area (Å²) in [6.45, 7) is 0. The minimum Gasteiger partial charge on any atom is -0.309 e. The Hall–Kier alpha value is 0.230. The van der Waals surface area contributed by atoms with Crippen LogP contribution in [-0.4, -0.2) is 7.05 Å². The third-order valence-electron chi connectivity index (χ3n) is 2.56. The highest BCUT2D eigenvalue weighted by atomic mass is 79.9. The van der Waals surface area contributed by atoms with Crippen LogP contribution in [0.2, 0.25) is 13.7 Å². The van der Waals surface area contributed by atoms with Crippen molar-refractivity contribution >= 4 is 62.1 Å². The lowest BCUT2D eigenvalue weighted by atomic mass is 10.0. The van der Waals surface area contributed by atoms with E-state index in [0.717, 1.165) is 15.6 Å². The van der Waals surface area contributed by atoms with Gasteiger partial charge in [0, 0.05) is 10.0 Å². The van der Waals surface area contributed by atoms with Crippen LogP contribution in [-0.2, 0) is 0 Å². The molecule has 1 aromatic heterocycles. The molecule has 0 amide bonds. The Morgan fingerprint density at radius 2 is 1.94 bits per heavy atom.